The van der Waals surface area contributed by atoms with Crippen molar-refractivity contribution in [1.29, 1.82) is 0 Å². The summed E-state index contributed by atoms with van der Waals surface area (Å²) in [7, 11) is 2.01. The number of hydrogen-bond donors (Lipinski definition) is 1. The second-order valence-corrected chi connectivity index (χ2v) is 8.33. The highest BCUT2D eigenvalue weighted by Crippen LogP contribution is 2.25. The van der Waals surface area contributed by atoms with Crippen molar-refractivity contribution in [3.8, 4) is 0 Å². The van der Waals surface area contributed by atoms with Gasteiger partial charge in [0.2, 0.25) is 0 Å². The van der Waals surface area contributed by atoms with E-state index in [-0.39, 0.29) is 5.91 Å². The Morgan fingerprint density at radius 2 is 2.10 bits per heavy atom. The van der Waals surface area contributed by atoms with Gasteiger partial charge in [-0.15, -0.1) is 11.3 Å². The Morgan fingerprint density at radius 1 is 1.26 bits per heavy atom. The third kappa shape index (κ3) is 6.42. The maximum Gasteiger partial charge on any atom is 0.270 e. The van der Waals surface area contributed by atoms with Crippen LogP contribution in [0.15, 0.2) is 41.1 Å². The molecule has 3 aromatic rings. The molecule has 0 aliphatic rings. The van der Waals surface area contributed by atoms with Gasteiger partial charge in [0.1, 0.15) is 5.69 Å². The molecular weight excluding hydrogens is 408 g/mol. The van der Waals surface area contributed by atoms with Crippen molar-refractivity contribution in [2.45, 2.75) is 33.6 Å². The SMILES string of the molecule is CCN(C)/C=N/c1cc(C)c(Cc2nc(C(=O)NCCc3cnccn3)cs2)cc1C. The number of thiazole rings is 1. The summed E-state index contributed by atoms with van der Waals surface area (Å²) >= 11 is 1.51. The summed E-state index contributed by atoms with van der Waals surface area (Å²) in [6, 6.07) is 4.27. The molecule has 31 heavy (non-hydrogen) atoms. The zero-order valence-electron chi connectivity index (χ0n) is 18.4. The number of rotatable bonds is 9. The normalized spacial score (nSPS) is 11.1. The van der Waals surface area contributed by atoms with Crippen LogP contribution in [0.4, 0.5) is 5.69 Å². The third-order valence-corrected chi connectivity index (χ3v) is 5.81. The van der Waals surface area contributed by atoms with E-state index in [4.69, 9.17) is 0 Å². The fourth-order valence-corrected chi connectivity index (χ4v) is 3.74. The Morgan fingerprint density at radius 3 is 2.84 bits per heavy atom. The van der Waals surface area contributed by atoms with Crippen LogP contribution in [0.5, 0.6) is 0 Å². The summed E-state index contributed by atoms with van der Waals surface area (Å²) in [5.41, 5.74) is 5.77. The lowest BCUT2D eigenvalue weighted by molar-refractivity contribution is 0.0949. The lowest BCUT2D eigenvalue weighted by Crippen LogP contribution is -2.26. The van der Waals surface area contributed by atoms with Crippen molar-refractivity contribution in [3.05, 3.63) is 69.2 Å². The number of amides is 1. The highest BCUT2D eigenvalue weighted by Gasteiger charge is 2.12. The molecule has 2 aromatic heterocycles. The Balaban J connectivity index is 1.60. The van der Waals surface area contributed by atoms with E-state index in [1.54, 1.807) is 18.6 Å². The van der Waals surface area contributed by atoms with Gasteiger partial charge in [-0.1, -0.05) is 6.07 Å². The average Bonchev–Trinajstić information content (AvgIpc) is 3.24. The van der Waals surface area contributed by atoms with Crippen LogP contribution in [0.25, 0.3) is 0 Å². The maximum atomic E-state index is 12.4. The van der Waals surface area contributed by atoms with Gasteiger partial charge in [0, 0.05) is 56.9 Å². The van der Waals surface area contributed by atoms with Gasteiger partial charge in [-0.3, -0.25) is 14.8 Å². The van der Waals surface area contributed by atoms with Crippen LogP contribution in [0, 0.1) is 13.8 Å². The molecule has 1 N–H and O–H groups in total. The van der Waals surface area contributed by atoms with Crippen molar-refractivity contribution in [2.75, 3.05) is 20.1 Å². The molecule has 0 saturated heterocycles. The zero-order valence-corrected chi connectivity index (χ0v) is 19.2. The highest BCUT2D eigenvalue weighted by molar-refractivity contribution is 7.09. The molecule has 0 bridgehead atoms. The number of nitrogens with zero attached hydrogens (tertiary/aromatic N) is 5. The largest absolute Gasteiger partial charge is 0.366 e. The first-order valence-electron chi connectivity index (χ1n) is 10.3. The lowest BCUT2D eigenvalue weighted by atomic mass is 10.0. The summed E-state index contributed by atoms with van der Waals surface area (Å²) < 4.78 is 0. The van der Waals surface area contributed by atoms with E-state index in [9.17, 15) is 4.79 Å². The van der Waals surface area contributed by atoms with Gasteiger partial charge < -0.3 is 10.2 Å². The number of carbonyl (C=O) groups is 1. The van der Waals surface area contributed by atoms with Crippen LogP contribution in [-0.4, -0.2) is 52.2 Å². The number of aromatic nitrogens is 3. The quantitative estimate of drug-likeness (QED) is 0.408. The van der Waals surface area contributed by atoms with Crippen LogP contribution in [0.3, 0.4) is 0 Å². The van der Waals surface area contributed by atoms with Crippen LogP contribution in [-0.2, 0) is 12.8 Å². The van der Waals surface area contributed by atoms with Gasteiger partial charge in [-0.25, -0.2) is 9.98 Å². The minimum absolute atomic E-state index is 0.163. The molecule has 0 radical (unpaired) electrons. The second-order valence-electron chi connectivity index (χ2n) is 7.39. The fourth-order valence-electron chi connectivity index (χ4n) is 2.95. The predicted molar refractivity (Wildman–Crippen MR) is 125 cm³/mol. The maximum absolute atomic E-state index is 12.4. The molecule has 0 atom stereocenters. The average molecular weight is 437 g/mol. The fraction of sp³-hybridized carbons (Fsp3) is 0.348. The molecule has 8 heteroatoms. The Hall–Kier alpha value is -3.13. The monoisotopic (exact) mass is 436 g/mol. The summed E-state index contributed by atoms with van der Waals surface area (Å²) in [6.45, 7) is 7.66. The first-order chi connectivity index (χ1) is 15.0. The smallest absolute Gasteiger partial charge is 0.270 e. The molecule has 0 saturated carbocycles. The van der Waals surface area contributed by atoms with Gasteiger partial charge in [-0.2, -0.15) is 0 Å². The first-order valence-corrected chi connectivity index (χ1v) is 11.2. The van der Waals surface area contributed by atoms with Gasteiger partial charge in [0.15, 0.2) is 0 Å². The van der Waals surface area contributed by atoms with Crippen molar-refractivity contribution in [2.24, 2.45) is 4.99 Å². The number of aliphatic imine (C=N–C) groups is 1. The van der Waals surface area contributed by atoms with Gasteiger partial charge in [0.05, 0.1) is 22.7 Å². The van der Waals surface area contributed by atoms with E-state index in [2.05, 4.69) is 58.2 Å². The molecular formula is C23H28N6OS. The van der Waals surface area contributed by atoms with E-state index >= 15 is 0 Å². The third-order valence-electron chi connectivity index (χ3n) is 4.96. The van der Waals surface area contributed by atoms with Crippen molar-refractivity contribution in [3.63, 3.8) is 0 Å². The van der Waals surface area contributed by atoms with Crippen LogP contribution in [0.2, 0.25) is 0 Å². The topological polar surface area (TPSA) is 83.4 Å². The number of aryl methyl sites for hydroxylation is 2. The zero-order chi connectivity index (χ0) is 22.2. The predicted octanol–water partition coefficient (Wildman–Crippen LogP) is 3.72. The van der Waals surface area contributed by atoms with Crippen LogP contribution < -0.4 is 5.32 Å². The molecule has 1 amide bonds. The summed E-state index contributed by atoms with van der Waals surface area (Å²) in [4.78, 5) is 31.8. The summed E-state index contributed by atoms with van der Waals surface area (Å²) in [5.74, 6) is -0.163. The number of nitrogens with one attached hydrogen (secondary N) is 1. The second kappa shape index (κ2) is 10.8. The molecule has 0 fully saturated rings. The number of hydrogen-bond acceptors (Lipinski definition) is 6. The first kappa shape index (κ1) is 22.6. The number of carbonyl (C=O) groups excluding carboxylic acids is 1. The van der Waals surface area contributed by atoms with E-state index < -0.39 is 0 Å². The van der Waals surface area contributed by atoms with Crippen molar-refractivity contribution < 1.29 is 4.79 Å². The van der Waals surface area contributed by atoms with Crippen LogP contribution >= 0.6 is 11.3 Å². The molecule has 0 aliphatic heterocycles. The van der Waals surface area contributed by atoms with E-state index in [0.717, 1.165) is 28.5 Å². The molecule has 7 nitrogen and oxygen atoms in total. The molecule has 2 heterocycles. The standard InChI is InChI=1S/C23H28N6OS/c1-5-29(4)15-27-20-11-16(2)18(10-17(20)3)12-22-28-21(14-31-22)23(30)26-7-6-19-13-24-8-9-25-19/h8-11,13-15H,5-7,12H2,1-4H3,(H,26,30)/b27-15+. The molecule has 0 unspecified atom stereocenters. The van der Waals surface area contributed by atoms with Crippen molar-refractivity contribution in [1.82, 2.24) is 25.2 Å². The molecule has 1 aromatic carbocycles. The van der Waals surface area contributed by atoms with Gasteiger partial charge >= 0.3 is 0 Å². The van der Waals surface area contributed by atoms with Gasteiger partial charge in [0.25, 0.3) is 5.91 Å². The summed E-state index contributed by atoms with van der Waals surface area (Å²) in [5, 5.41) is 5.63. The lowest BCUT2D eigenvalue weighted by Gasteiger charge is -2.11. The minimum Gasteiger partial charge on any atom is -0.366 e. The highest BCUT2D eigenvalue weighted by atomic mass is 32.1. The minimum atomic E-state index is -0.163. The van der Waals surface area contributed by atoms with Crippen molar-refractivity contribution >= 4 is 29.3 Å². The van der Waals surface area contributed by atoms with E-state index in [1.165, 1.54) is 22.5 Å². The summed E-state index contributed by atoms with van der Waals surface area (Å²) in [6.07, 6.45) is 8.18. The Bertz CT molecular complexity index is 1050. The van der Waals surface area contributed by atoms with E-state index in [1.807, 2.05) is 23.7 Å². The van der Waals surface area contributed by atoms with Gasteiger partial charge in [-0.05, 0) is 43.5 Å². The molecule has 162 valence electrons. The molecule has 0 spiro atoms. The van der Waals surface area contributed by atoms with E-state index in [0.29, 0.717) is 25.1 Å². The Labute approximate surface area is 187 Å². The Kier molecular flexibility index (Phi) is 7.83. The molecule has 0 aliphatic carbocycles. The molecule has 3 rings (SSSR count). The number of benzene rings is 1. The van der Waals surface area contributed by atoms with Crippen LogP contribution in [0.1, 0.15) is 44.8 Å².